The van der Waals surface area contributed by atoms with Crippen molar-refractivity contribution >= 4 is 49.6 Å². The topological polar surface area (TPSA) is 40.9 Å². The summed E-state index contributed by atoms with van der Waals surface area (Å²) < 4.78 is 1.44. The van der Waals surface area contributed by atoms with Crippen LogP contribution >= 0.6 is 0 Å². The summed E-state index contributed by atoms with van der Waals surface area (Å²) in [4.78, 5) is 5.21. The highest BCUT2D eigenvalue weighted by Gasteiger charge is 2.41. The second-order valence-electron chi connectivity index (χ2n) is 15.8. The lowest BCUT2D eigenvalue weighted by Crippen LogP contribution is -2.36. The molecule has 0 N–H and O–H groups in total. The largest absolute Gasteiger partial charge is 0.616 e. The molecule has 0 amide bonds. The summed E-state index contributed by atoms with van der Waals surface area (Å²) in [5, 5.41) is 21.2. The van der Waals surface area contributed by atoms with E-state index in [0.717, 1.165) is 72.3 Å². The van der Waals surface area contributed by atoms with Crippen molar-refractivity contribution in [2.24, 2.45) is 0 Å². The van der Waals surface area contributed by atoms with E-state index in [1.54, 1.807) is 0 Å². The molecule has 0 saturated heterocycles. The lowest BCUT2D eigenvalue weighted by Gasteiger charge is -2.45. The first kappa shape index (κ1) is 35.1. The van der Waals surface area contributed by atoms with Crippen LogP contribution in [0.2, 0.25) is 0 Å². The third-order valence-electron chi connectivity index (χ3n) is 12.4. The Kier molecular flexibility index (Phi) is 7.97. The molecule has 1 aliphatic heterocycles. The lowest BCUT2D eigenvalue weighted by molar-refractivity contribution is 0.682. The van der Waals surface area contributed by atoms with Crippen molar-refractivity contribution in [1.82, 2.24) is 14.2 Å². The number of para-hydroxylation sites is 3. The summed E-state index contributed by atoms with van der Waals surface area (Å²) in [7, 11) is 0. The Balaban J connectivity index is 1.19. The Morgan fingerprint density at radius 2 is 0.951 bits per heavy atom. The van der Waals surface area contributed by atoms with Crippen molar-refractivity contribution in [2.75, 3.05) is 0 Å². The van der Waals surface area contributed by atoms with Crippen LogP contribution in [0.4, 0.5) is 17.1 Å². The average molecular weight is 780 g/mol. The molecule has 0 spiro atoms. The van der Waals surface area contributed by atoms with Gasteiger partial charge in [-0.15, -0.1) is 0 Å². The zero-order valence-corrected chi connectivity index (χ0v) is 33.1. The van der Waals surface area contributed by atoms with Crippen LogP contribution in [-0.2, 0) is 0 Å². The van der Waals surface area contributed by atoms with Gasteiger partial charge in [-0.3, -0.25) is 9.21 Å². The zero-order valence-electron chi connectivity index (χ0n) is 33.1. The van der Waals surface area contributed by atoms with E-state index >= 15 is 5.21 Å². The van der Waals surface area contributed by atoms with Gasteiger partial charge in [-0.1, -0.05) is 176 Å². The predicted octanol–water partition coefficient (Wildman–Crippen LogP) is 15.4. The maximum absolute atomic E-state index is 16.5. The van der Waals surface area contributed by atoms with E-state index in [9.17, 15) is 0 Å². The van der Waals surface area contributed by atoms with E-state index in [1.165, 1.54) is 21.9 Å². The Morgan fingerprint density at radius 3 is 1.67 bits per heavy atom. The normalized spacial score (nSPS) is 14.4. The van der Waals surface area contributed by atoms with Gasteiger partial charge in [0.05, 0.1) is 5.52 Å². The minimum absolute atomic E-state index is 0.633. The molecule has 10 aromatic carbocycles. The molecule has 0 bridgehead atoms. The van der Waals surface area contributed by atoms with Crippen molar-refractivity contribution in [3.8, 4) is 61.6 Å². The molecule has 1 atom stereocenters. The number of aromatic nitrogens is 2. The summed E-state index contributed by atoms with van der Waals surface area (Å²) in [5.74, 6) is 0.804. The SMILES string of the molecule is [O-][N+]1(c2ccccc2)c2c(-c3ccc4c(-c5ccccc5)c5ccccc5c(-c5cccc(-c6ccccc6)c5)c4c3)cccc2-n2c(-c3ccccc3)nc3cccc1c32. The van der Waals surface area contributed by atoms with Crippen LogP contribution in [0.25, 0.3) is 94.2 Å². The fourth-order valence-corrected chi connectivity index (χ4v) is 9.74. The number of imidazole rings is 1. The van der Waals surface area contributed by atoms with Gasteiger partial charge in [-0.2, -0.15) is 0 Å². The number of hydrogen-bond acceptors (Lipinski definition) is 2. The highest BCUT2D eigenvalue weighted by Crippen LogP contribution is 2.57. The fraction of sp³-hybridized carbons (Fsp3) is 0. The molecule has 61 heavy (non-hydrogen) atoms. The second kappa shape index (κ2) is 13.9. The molecule has 2 heterocycles. The van der Waals surface area contributed by atoms with Crippen molar-refractivity contribution in [2.45, 2.75) is 0 Å². The summed E-state index contributed by atoms with van der Waals surface area (Å²) in [6.45, 7) is 0. The molecule has 0 fully saturated rings. The maximum Gasteiger partial charge on any atom is 0.175 e. The first-order chi connectivity index (χ1) is 30.2. The molecule has 1 aromatic heterocycles. The van der Waals surface area contributed by atoms with Gasteiger partial charge in [0, 0.05) is 29.3 Å². The summed E-state index contributed by atoms with van der Waals surface area (Å²) >= 11 is 0. The zero-order chi connectivity index (χ0) is 40.5. The second-order valence-corrected chi connectivity index (χ2v) is 15.8. The van der Waals surface area contributed by atoms with E-state index in [-0.39, 0.29) is 0 Å². The van der Waals surface area contributed by atoms with E-state index in [4.69, 9.17) is 4.98 Å². The quantitative estimate of drug-likeness (QED) is 0.0958. The summed E-state index contributed by atoms with van der Waals surface area (Å²) in [6, 6.07) is 78.1. The van der Waals surface area contributed by atoms with Crippen molar-refractivity contribution in [3.63, 3.8) is 0 Å². The van der Waals surface area contributed by atoms with Crippen LogP contribution in [0.15, 0.2) is 224 Å². The van der Waals surface area contributed by atoms with Gasteiger partial charge in [0.1, 0.15) is 22.7 Å². The number of nitrogens with zero attached hydrogens (tertiary/aromatic N) is 3. The molecular formula is C57H37N3O. The van der Waals surface area contributed by atoms with Gasteiger partial charge in [-0.05, 0) is 90.8 Å². The Labute approximate surface area is 353 Å². The van der Waals surface area contributed by atoms with E-state index < -0.39 is 4.65 Å². The van der Waals surface area contributed by atoms with Gasteiger partial charge in [-0.25, -0.2) is 4.98 Å². The number of rotatable bonds is 6. The van der Waals surface area contributed by atoms with Gasteiger partial charge >= 0.3 is 0 Å². The number of benzene rings is 10. The van der Waals surface area contributed by atoms with Crippen LogP contribution in [0.1, 0.15) is 0 Å². The molecule has 0 saturated carbocycles. The van der Waals surface area contributed by atoms with Crippen LogP contribution in [0.3, 0.4) is 0 Å². The number of fused-ring (bicyclic) bond motifs is 4. The molecule has 12 rings (SSSR count). The molecule has 0 aliphatic carbocycles. The lowest BCUT2D eigenvalue weighted by atomic mass is 9.84. The molecule has 4 nitrogen and oxygen atoms in total. The molecule has 4 heteroatoms. The summed E-state index contributed by atoms with van der Waals surface area (Å²) in [5.41, 5.74) is 14.1. The van der Waals surface area contributed by atoms with Crippen LogP contribution in [-0.4, -0.2) is 9.55 Å². The van der Waals surface area contributed by atoms with Gasteiger partial charge in [0.25, 0.3) is 0 Å². The van der Waals surface area contributed by atoms with Gasteiger partial charge in [0.15, 0.2) is 11.4 Å². The molecular weight excluding hydrogens is 743 g/mol. The molecule has 0 radical (unpaired) electrons. The van der Waals surface area contributed by atoms with Crippen molar-refractivity contribution in [1.29, 1.82) is 0 Å². The Morgan fingerprint density at radius 1 is 0.393 bits per heavy atom. The smallest absolute Gasteiger partial charge is 0.175 e. The maximum atomic E-state index is 16.5. The monoisotopic (exact) mass is 779 g/mol. The first-order valence-electron chi connectivity index (χ1n) is 20.7. The molecule has 11 aromatic rings. The number of quaternary nitrogens is 1. The standard InChI is InChI=1S/C57H37N3O/c61-60(44-26-11-4-12-27-44)52-33-17-31-50-55(52)59(57(58-50)40-22-9-3-10-23-40)51-32-16-30-45(56(51)60)42-34-35-48-49(37-42)54(43-25-15-24-41(36-43)38-18-5-1-6-19-38)47-29-14-13-28-46(47)53(48)39-20-7-2-8-21-39/h1-37H. The minimum atomic E-state index is -0.763. The van der Waals surface area contributed by atoms with E-state index in [2.05, 4.69) is 162 Å². The van der Waals surface area contributed by atoms with E-state index in [1.807, 2.05) is 66.7 Å². The molecule has 1 aliphatic rings. The van der Waals surface area contributed by atoms with Crippen LogP contribution in [0, 0.1) is 5.21 Å². The summed E-state index contributed by atoms with van der Waals surface area (Å²) in [6.07, 6.45) is 0. The van der Waals surface area contributed by atoms with Crippen molar-refractivity contribution < 1.29 is 0 Å². The highest BCUT2D eigenvalue weighted by atomic mass is 16.5. The fourth-order valence-electron chi connectivity index (χ4n) is 9.74. The van der Waals surface area contributed by atoms with Gasteiger partial charge in [0.2, 0.25) is 0 Å². The highest BCUT2D eigenvalue weighted by molar-refractivity contribution is 6.22. The predicted molar refractivity (Wildman–Crippen MR) is 254 cm³/mol. The average Bonchev–Trinajstić information content (AvgIpc) is 3.74. The van der Waals surface area contributed by atoms with Crippen molar-refractivity contribution in [3.05, 3.63) is 230 Å². The Bertz CT molecular complexity index is 3470. The minimum Gasteiger partial charge on any atom is -0.616 e. The van der Waals surface area contributed by atoms with E-state index in [0.29, 0.717) is 17.1 Å². The molecule has 286 valence electrons. The molecule has 1 unspecified atom stereocenters. The third kappa shape index (κ3) is 5.37. The number of hydrogen-bond donors (Lipinski definition) is 0. The third-order valence-corrected chi connectivity index (χ3v) is 12.4. The van der Waals surface area contributed by atoms with Crippen LogP contribution < -0.4 is 4.65 Å². The Hall–Kier alpha value is -7.89. The van der Waals surface area contributed by atoms with Gasteiger partial charge < -0.3 is 5.21 Å². The first-order valence-corrected chi connectivity index (χ1v) is 20.7. The van der Waals surface area contributed by atoms with Crippen LogP contribution in [0.5, 0.6) is 0 Å².